The third-order valence-electron chi connectivity index (χ3n) is 3.05. The number of nitrogens with zero attached hydrogens (tertiary/aromatic N) is 1. The Balaban J connectivity index is 2.06. The van der Waals surface area contributed by atoms with Crippen molar-refractivity contribution in [1.29, 1.82) is 0 Å². The van der Waals surface area contributed by atoms with Gasteiger partial charge in [0.1, 0.15) is 5.82 Å². The zero-order valence-electron chi connectivity index (χ0n) is 10.6. The molecule has 0 radical (unpaired) electrons. The molecule has 0 bridgehead atoms. The van der Waals surface area contributed by atoms with E-state index in [1.54, 1.807) is 17.4 Å². The van der Waals surface area contributed by atoms with Gasteiger partial charge in [-0.1, -0.05) is 0 Å². The number of nitrogens with two attached hydrogens (primary N) is 1. The van der Waals surface area contributed by atoms with Gasteiger partial charge in [0, 0.05) is 18.5 Å². The van der Waals surface area contributed by atoms with E-state index in [9.17, 15) is 4.39 Å². The number of benzene rings is 1. The summed E-state index contributed by atoms with van der Waals surface area (Å²) in [5.41, 5.74) is 8.55. The number of thiophene rings is 1. The maximum absolute atomic E-state index is 13.2. The number of hydrogen-bond donors (Lipinski definition) is 1. The highest BCUT2D eigenvalue weighted by molar-refractivity contribution is 7.10. The minimum Gasteiger partial charge on any atom is -0.397 e. The minimum absolute atomic E-state index is 0.252. The Morgan fingerprint density at radius 1 is 1.33 bits per heavy atom. The van der Waals surface area contributed by atoms with E-state index in [-0.39, 0.29) is 5.82 Å². The number of aryl methyl sites for hydroxylation is 1. The van der Waals surface area contributed by atoms with Crippen LogP contribution in [-0.4, -0.2) is 13.6 Å². The van der Waals surface area contributed by atoms with Crippen LogP contribution in [0.1, 0.15) is 10.4 Å². The smallest absolute Gasteiger partial charge is 0.125 e. The van der Waals surface area contributed by atoms with Gasteiger partial charge in [0.15, 0.2) is 0 Å². The van der Waals surface area contributed by atoms with Crippen molar-refractivity contribution >= 4 is 22.7 Å². The Morgan fingerprint density at radius 2 is 2.11 bits per heavy atom. The van der Waals surface area contributed by atoms with Gasteiger partial charge in [0.25, 0.3) is 0 Å². The predicted molar refractivity (Wildman–Crippen MR) is 76.8 cm³/mol. The SMILES string of the molecule is Cc1ccsc1CCN(C)c1cc(F)ccc1N. The summed E-state index contributed by atoms with van der Waals surface area (Å²) in [4.78, 5) is 3.37. The van der Waals surface area contributed by atoms with Gasteiger partial charge in [0.2, 0.25) is 0 Å². The van der Waals surface area contributed by atoms with E-state index < -0.39 is 0 Å². The number of anilines is 2. The number of nitrogen functional groups attached to an aromatic ring is 1. The molecule has 0 aliphatic heterocycles. The molecule has 1 heterocycles. The zero-order chi connectivity index (χ0) is 13.1. The van der Waals surface area contributed by atoms with Gasteiger partial charge in [0.05, 0.1) is 11.4 Å². The number of rotatable bonds is 4. The van der Waals surface area contributed by atoms with E-state index in [0.29, 0.717) is 5.69 Å². The largest absolute Gasteiger partial charge is 0.397 e. The molecule has 0 aliphatic rings. The van der Waals surface area contributed by atoms with Crippen LogP contribution in [0.25, 0.3) is 0 Å². The van der Waals surface area contributed by atoms with E-state index in [2.05, 4.69) is 18.4 Å². The molecule has 0 saturated heterocycles. The molecule has 18 heavy (non-hydrogen) atoms. The van der Waals surface area contributed by atoms with Crippen LogP contribution in [0.15, 0.2) is 29.6 Å². The average molecular weight is 264 g/mol. The molecule has 0 amide bonds. The lowest BCUT2D eigenvalue weighted by molar-refractivity contribution is 0.627. The fourth-order valence-electron chi connectivity index (χ4n) is 1.90. The topological polar surface area (TPSA) is 29.3 Å². The first-order valence-corrected chi connectivity index (χ1v) is 6.75. The highest BCUT2D eigenvalue weighted by Crippen LogP contribution is 2.24. The summed E-state index contributed by atoms with van der Waals surface area (Å²) in [7, 11) is 1.94. The Kier molecular flexibility index (Phi) is 3.87. The molecule has 0 unspecified atom stereocenters. The van der Waals surface area contributed by atoms with Crippen molar-refractivity contribution in [2.75, 3.05) is 24.2 Å². The maximum atomic E-state index is 13.2. The van der Waals surface area contributed by atoms with Crippen molar-refractivity contribution in [1.82, 2.24) is 0 Å². The molecule has 0 atom stereocenters. The number of likely N-dealkylation sites (N-methyl/N-ethyl adjacent to an activating group) is 1. The van der Waals surface area contributed by atoms with Crippen molar-refractivity contribution in [3.63, 3.8) is 0 Å². The molecule has 2 aromatic rings. The molecule has 2 nitrogen and oxygen atoms in total. The molecule has 0 spiro atoms. The lowest BCUT2D eigenvalue weighted by Gasteiger charge is -2.21. The number of hydrogen-bond acceptors (Lipinski definition) is 3. The van der Waals surface area contributed by atoms with E-state index in [0.717, 1.165) is 18.7 Å². The summed E-state index contributed by atoms with van der Waals surface area (Å²) in [6.07, 6.45) is 0.954. The molecule has 0 saturated carbocycles. The van der Waals surface area contributed by atoms with Crippen molar-refractivity contribution in [2.24, 2.45) is 0 Å². The molecule has 2 N–H and O–H groups in total. The summed E-state index contributed by atoms with van der Waals surface area (Å²) < 4.78 is 13.2. The molecular formula is C14H17FN2S. The second kappa shape index (κ2) is 5.40. The van der Waals surface area contributed by atoms with Crippen LogP contribution in [0.4, 0.5) is 15.8 Å². The molecule has 1 aromatic carbocycles. The summed E-state index contributed by atoms with van der Waals surface area (Å²) in [5.74, 6) is -0.252. The van der Waals surface area contributed by atoms with E-state index in [1.807, 2.05) is 11.9 Å². The van der Waals surface area contributed by atoms with Crippen LogP contribution in [0.5, 0.6) is 0 Å². The molecule has 96 valence electrons. The van der Waals surface area contributed by atoms with Crippen molar-refractivity contribution in [3.05, 3.63) is 45.9 Å². The van der Waals surface area contributed by atoms with Crippen LogP contribution < -0.4 is 10.6 Å². The third kappa shape index (κ3) is 2.82. The summed E-state index contributed by atoms with van der Waals surface area (Å²) in [5, 5.41) is 2.10. The highest BCUT2D eigenvalue weighted by Gasteiger charge is 2.08. The molecule has 0 aliphatic carbocycles. The molecular weight excluding hydrogens is 247 g/mol. The summed E-state index contributed by atoms with van der Waals surface area (Å²) >= 11 is 1.76. The number of halogens is 1. The second-order valence-corrected chi connectivity index (χ2v) is 5.40. The Hall–Kier alpha value is -1.55. The Labute approximate surface area is 111 Å². The fourth-order valence-corrected chi connectivity index (χ4v) is 2.80. The van der Waals surface area contributed by atoms with Crippen molar-refractivity contribution in [2.45, 2.75) is 13.3 Å². The third-order valence-corrected chi connectivity index (χ3v) is 4.13. The van der Waals surface area contributed by atoms with Crippen molar-refractivity contribution < 1.29 is 4.39 Å². The van der Waals surface area contributed by atoms with Gasteiger partial charge in [-0.3, -0.25) is 0 Å². The van der Waals surface area contributed by atoms with Crippen LogP contribution in [0.2, 0.25) is 0 Å². The monoisotopic (exact) mass is 264 g/mol. The zero-order valence-corrected chi connectivity index (χ0v) is 11.4. The first-order valence-electron chi connectivity index (χ1n) is 5.87. The lowest BCUT2D eigenvalue weighted by Crippen LogP contribution is -2.21. The first kappa shape index (κ1) is 12.9. The van der Waals surface area contributed by atoms with Crippen LogP contribution in [0.3, 0.4) is 0 Å². The average Bonchev–Trinajstić information content (AvgIpc) is 2.75. The standard InChI is InChI=1S/C14H17FN2S/c1-10-6-8-18-14(10)5-7-17(2)13-9-11(15)3-4-12(13)16/h3-4,6,8-9H,5,7,16H2,1-2H3. The van der Waals surface area contributed by atoms with Crippen LogP contribution in [-0.2, 0) is 6.42 Å². The van der Waals surface area contributed by atoms with Gasteiger partial charge in [-0.25, -0.2) is 4.39 Å². The molecule has 2 rings (SSSR count). The Bertz CT molecular complexity index is 536. The van der Waals surface area contributed by atoms with Gasteiger partial charge < -0.3 is 10.6 Å². The first-order chi connectivity index (χ1) is 8.58. The predicted octanol–water partition coefficient (Wildman–Crippen LogP) is 3.46. The van der Waals surface area contributed by atoms with Gasteiger partial charge in [-0.15, -0.1) is 11.3 Å². The minimum atomic E-state index is -0.252. The lowest BCUT2D eigenvalue weighted by atomic mass is 10.2. The van der Waals surface area contributed by atoms with Gasteiger partial charge >= 0.3 is 0 Å². The van der Waals surface area contributed by atoms with Crippen LogP contribution in [0, 0.1) is 12.7 Å². The Morgan fingerprint density at radius 3 is 2.78 bits per heavy atom. The van der Waals surface area contributed by atoms with Crippen molar-refractivity contribution in [3.8, 4) is 0 Å². The summed E-state index contributed by atoms with van der Waals surface area (Å²) in [6, 6.07) is 6.60. The fraction of sp³-hybridized carbons (Fsp3) is 0.286. The molecule has 0 fully saturated rings. The normalized spacial score (nSPS) is 10.6. The maximum Gasteiger partial charge on any atom is 0.125 e. The quantitative estimate of drug-likeness (QED) is 0.857. The highest BCUT2D eigenvalue weighted by atomic mass is 32.1. The molecule has 4 heteroatoms. The van der Waals surface area contributed by atoms with Crippen LogP contribution >= 0.6 is 11.3 Å². The second-order valence-electron chi connectivity index (χ2n) is 4.40. The van der Waals surface area contributed by atoms with E-state index >= 15 is 0 Å². The van der Waals surface area contributed by atoms with Gasteiger partial charge in [-0.2, -0.15) is 0 Å². The van der Waals surface area contributed by atoms with E-state index in [4.69, 9.17) is 5.73 Å². The van der Waals surface area contributed by atoms with Gasteiger partial charge in [-0.05, 0) is 48.6 Å². The summed E-state index contributed by atoms with van der Waals surface area (Å²) in [6.45, 7) is 2.94. The molecule has 1 aromatic heterocycles. The van der Waals surface area contributed by atoms with E-state index in [1.165, 1.54) is 22.6 Å².